The molecule has 4 rings (SSSR count). The van der Waals surface area contributed by atoms with Gasteiger partial charge in [0.2, 0.25) is 0 Å². The van der Waals surface area contributed by atoms with Crippen LogP contribution in [0.3, 0.4) is 0 Å². The molecule has 0 heterocycles. The van der Waals surface area contributed by atoms with Crippen LogP contribution in [0.5, 0.6) is 0 Å². The van der Waals surface area contributed by atoms with Crippen LogP contribution in [0.4, 0.5) is 0 Å². The number of hydrogen-bond acceptors (Lipinski definition) is 4. The topological polar surface area (TPSA) is 80.7 Å². The highest BCUT2D eigenvalue weighted by molar-refractivity contribution is 5.79. The van der Waals surface area contributed by atoms with E-state index in [-0.39, 0.29) is 36.2 Å². The molecule has 30 heavy (non-hydrogen) atoms. The summed E-state index contributed by atoms with van der Waals surface area (Å²) in [5.74, 6) is 2.07. The van der Waals surface area contributed by atoms with Crippen molar-refractivity contribution in [3.05, 3.63) is 0 Å². The number of rotatable bonds is 5. The molecule has 168 valence electrons. The molecule has 8 unspecified atom stereocenters. The zero-order valence-electron chi connectivity index (χ0n) is 18.8. The highest BCUT2D eigenvalue weighted by atomic mass is 16.5. The number of hydrogen-bond donors (Lipinski definition) is 1. The molecule has 0 radical (unpaired) electrons. The lowest BCUT2D eigenvalue weighted by molar-refractivity contribution is -0.164. The number of carbonyl (C=O) groups is 3. The van der Waals surface area contributed by atoms with E-state index in [2.05, 4.69) is 13.8 Å². The molecule has 0 aromatic rings. The lowest BCUT2D eigenvalue weighted by Gasteiger charge is -2.61. The molecular formula is C25H38O5. The maximum absolute atomic E-state index is 12.3. The summed E-state index contributed by atoms with van der Waals surface area (Å²) in [5, 5.41) is 8.77. The third-order valence-electron chi connectivity index (χ3n) is 9.95. The summed E-state index contributed by atoms with van der Waals surface area (Å²) in [7, 11) is 0. The largest absolute Gasteiger partial charge is 0.481 e. The van der Waals surface area contributed by atoms with E-state index < -0.39 is 5.97 Å². The van der Waals surface area contributed by atoms with Crippen molar-refractivity contribution < 1.29 is 24.2 Å². The summed E-state index contributed by atoms with van der Waals surface area (Å²) in [6, 6.07) is 0. The minimum atomic E-state index is -0.954. The van der Waals surface area contributed by atoms with Crippen LogP contribution in [0.15, 0.2) is 0 Å². The van der Waals surface area contributed by atoms with Crippen molar-refractivity contribution >= 4 is 17.7 Å². The third kappa shape index (κ3) is 3.60. The number of ether oxygens (including phenoxy) is 1. The molecule has 5 heteroatoms. The van der Waals surface area contributed by atoms with Crippen LogP contribution in [0, 0.1) is 40.4 Å². The molecule has 0 amide bonds. The Labute approximate surface area is 180 Å². The van der Waals surface area contributed by atoms with Crippen molar-refractivity contribution in [3.63, 3.8) is 0 Å². The Morgan fingerprint density at radius 2 is 1.60 bits per heavy atom. The lowest BCUT2D eigenvalue weighted by atomic mass is 9.44. The van der Waals surface area contributed by atoms with Crippen molar-refractivity contribution in [3.8, 4) is 0 Å². The van der Waals surface area contributed by atoms with E-state index in [0.717, 1.165) is 37.5 Å². The quantitative estimate of drug-likeness (QED) is 0.635. The van der Waals surface area contributed by atoms with E-state index in [1.165, 1.54) is 32.1 Å². The molecule has 8 atom stereocenters. The summed E-state index contributed by atoms with van der Waals surface area (Å²) in [4.78, 5) is 35.0. The van der Waals surface area contributed by atoms with Gasteiger partial charge in [0.05, 0.1) is 12.8 Å². The molecular weight excluding hydrogens is 380 g/mol. The van der Waals surface area contributed by atoms with Crippen molar-refractivity contribution in [1.29, 1.82) is 0 Å². The van der Waals surface area contributed by atoms with Crippen LogP contribution in [-0.2, 0) is 19.1 Å². The monoisotopic (exact) mass is 418 g/mol. The lowest BCUT2D eigenvalue weighted by Crippen LogP contribution is -2.54. The summed E-state index contributed by atoms with van der Waals surface area (Å²) in [6.07, 6.45) is 9.82. The van der Waals surface area contributed by atoms with Gasteiger partial charge in [-0.3, -0.25) is 14.4 Å². The van der Waals surface area contributed by atoms with Crippen LogP contribution >= 0.6 is 0 Å². The Hall–Kier alpha value is -1.39. The Bertz CT molecular complexity index is 716. The van der Waals surface area contributed by atoms with E-state index in [0.29, 0.717) is 23.0 Å². The molecule has 1 N–H and O–H groups in total. The number of carboxylic acids is 1. The van der Waals surface area contributed by atoms with Crippen LogP contribution in [0.2, 0.25) is 0 Å². The van der Waals surface area contributed by atoms with Crippen molar-refractivity contribution in [1.82, 2.24) is 0 Å². The Morgan fingerprint density at radius 1 is 0.900 bits per heavy atom. The molecule has 0 saturated heterocycles. The first-order valence-corrected chi connectivity index (χ1v) is 12.1. The van der Waals surface area contributed by atoms with E-state index >= 15 is 0 Å². The van der Waals surface area contributed by atoms with Gasteiger partial charge in [0.1, 0.15) is 11.9 Å². The number of carbonyl (C=O) groups excluding carboxylic acids is 2. The van der Waals surface area contributed by atoms with E-state index in [1.54, 1.807) is 6.92 Å². The van der Waals surface area contributed by atoms with E-state index in [1.807, 2.05) is 0 Å². The number of Topliss-reactive ketones (excluding diaryl/α,β-unsaturated/α-hetero) is 1. The summed E-state index contributed by atoms with van der Waals surface area (Å²) in [6.45, 7) is 6.67. The van der Waals surface area contributed by atoms with Crippen molar-refractivity contribution in [2.45, 2.75) is 97.5 Å². The van der Waals surface area contributed by atoms with Gasteiger partial charge in [-0.1, -0.05) is 13.8 Å². The molecule has 0 aromatic heterocycles. The number of carboxylic acid groups (broad SMARTS) is 1. The average molecular weight is 419 g/mol. The first-order valence-electron chi connectivity index (χ1n) is 12.1. The fourth-order valence-corrected chi connectivity index (χ4v) is 8.45. The zero-order chi connectivity index (χ0) is 21.7. The fraction of sp³-hybridized carbons (Fsp3) is 0.880. The number of esters is 1. The Balaban J connectivity index is 1.42. The molecule has 0 bridgehead atoms. The van der Waals surface area contributed by atoms with Crippen LogP contribution in [0.1, 0.15) is 91.4 Å². The highest BCUT2D eigenvalue weighted by Crippen LogP contribution is 2.67. The van der Waals surface area contributed by atoms with Crippen LogP contribution in [-0.4, -0.2) is 28.9 Å². The van der Waals surface area contributed by atoms with Gasteiger partial charge in [-0.2, -0.15) is 0 Å². The molecule has 0 aliphatic heterocycles. The minimum absolute atomic E-state index is 0.0317. The van der Waals surface area contributed by atoms with Gasteiger partial charge in [0.15, 0.2) is 0 Å². The highest BCUT2D eigenvalue weighted by Gasteiger charge is 2.60. The van der Waals surface area contributed by atoms with Crippen LogP contribution in [0.25, 0.3) is 0 Å². The number of ketones is 1. The molecule has 0 aromatic carbocycles. The molecule has 0 spiro atoms. The molecule has 4 saturated carbocycles. The first kappa shape index (κ1) is 21.8. The normalized spacial score (nSPS) is 45.0. The third-order valence-corrected chi connectivity index (χ3v) is 9.95. The molecule has 4 fully saturated rings. The molecule has 4 aliphatic carbocycles. The zero-order valence-corrected chi connectivity index (χ0v) is 18.8. The fourth-order valence-electron chi connectivity index (χ4n) is 8.45. The van der Waals surface area contributed by atoms with E-state index in [9.17, 15) is 14.4 Å². The predicted molar refractivity (Wildman–Crippen MR) is 113 cm³/mol. The molecule has 4 aliphatic rings. The SMILES string of the molecule is CC(=O)C1CCC2C3CCC4CC(OC(=O)CCC(=O)O)CCC4(C)C3CCC12C. The van der Waals surface area contributed by atoms with E-state index in [4.69, 9.17) is 9.84 Å². The summed E-state index contributed by atoms with van der Waals surface area (Å²) >= 11 is 0. The predicted octanol–water partition coefficient (Wildman–Crippen LogP) is 5.01. The second-order valence-electron chi connectivity index (χ2n) is 11.2. The Kier molecular flexibility index (Phi) is 5.78. The maximum Gasteiger partial charge on any atom is 0.306 e. The van der Waals surface area contributed by atoms with Gasteiger partial charge in [0.25, 0.3) is 0 Å². The van der Waals surface area contributed by atoms with Crippen molar-refractivity contribution in [2.24, 2.45) is 40.4 Å². The summed E-state index contributed by atoms with van der Waals surface area (Å²) in [5.41, 5.74) is 0.510. The summed E-state index contributed by atoms with van der Waals surface area (Å²) < 4.78 is 5.66. The molecule has 5 nitrogen and oxygen atoms in total. The maximum atomic E-state index is 12.3. The number of fused-ring (bicyclic) bond motifs is 5. The Morgan fingerprint density at radius 3 is 2.30 bits per heavy atom. The van der Waals surface area contributed by atoms with Gasteiger partial charge in [0, 0.05) is 5.92 Å². The first-order chi connectivity index (χ1) is 14.1. The van der Waals surface area contributed by atoms with Gasteiger partial charge < -0.3 is 9.84 Å². The van der Waals surface area contributed by atoms with Crippen molar-refractivity contribution in [2.75, 3.05) is 0 Å². The van der Waals surface area contributed by atoms with Gasteiger partial charge in [-0.15, -0.1) is 0 Å². The van der Waals surface area contributed by atoms with Gasteiger partial charge in [-0.25, -0.2) is 0 Å². The second kappa shape index (κ2) is 7.94. The minimum Gasteiger partial charge on any atom is -0.481 e. The number of aliphatic carboxylic acids is 1. The second-order valence-corrected chi connectivity index (χ2v) is 11.2. The average Bonchev–Trinajstić information content (AvgIpc) is 3.04. The van der Waals surface area contributed by atoms with Crippen LogP contribution < -0.4 is 0 Å². The van der Waals surface area contributed by atoms with Gasteiger partial charge in [-0.05, 0) is 99.2 Å². The van der Waals surface area contributed by atoms with Gasteiger partial charge >= 0.3 is 11.9 Å². The smallest absolute Gasteiger partial charge is 0.306 e. The standard InChI is InChI=1S/C25H38O5/c1-15(26)19-6-7-20-18-5-4-16-14-17(30-23(29)9-8-22(27)28)10-12-24(16,2)21(18)11-13-25(19,20)3/h16-21H,4-14H2,1-3H3,(H,27,28).